The van der Waals surface area contributed by atoms with Crippen LogP contribution in [0.1, 0.15) is 31.9 Å². The molecule has 0 spiro atoms. The maximum Gasteiger partial charge on any atom is 0.226 e. The molecule has 1 saturated carbocycles. The van der Waals surface area contributed by atoms with Gasteiger partial charge in [0.15, 0.2) is 0 Å². The quantitative estimate of drug-likeness (QED) is 0.788. The zero-order valence-electron chi connectivity index (χ0n) is 12.8. The van der Waals surface area contributed by atoms with E-state index >= 15 is 0 Å². The molecule has 2 rings (SSSR count). The van der Waals surface area contributed by atoms with Crippen molar-refractivity contribution in [3.8, 4) is 0 Å². The number of aromatic amines is 1. The Bertz CT molecular complexity index is 416. The predicted molar refractivity (Wildman–Crippen MR) is 79.1 cm³/mol. The molecule has 0 saturated heterocycles. The van der Waals surface area contributed by atoms with Crippen LogP contribution in [0.25, 0.3) is 0 Å². The third-order valence-corrected chi connectivity index (χ3v) is 3.94. The molecule has 0 bridgehead atoms. The first-order valence-electron chi connectivity index (χ1n) is 7.52. The minimum Gasteiger partial charge on any atom is -0.347 e. The number of aromatic nitrogens is 2. The molecular formula is C15H26N4O. The van der Waals surface area contributed by atoms with E-state index < -0.39 is 0 Å². The minimum absolute atomic E-state index is 0.264. The fourth-order valence-electron chi connectivity index (χ4n) is 2.64. The van der Waals surface area contributed by atoms with Crippen molar-refractivity contribution < 1.29 is 4.79 Å². The van der Waals surface area contributed by atoms with Gasteiger partial charge in [0.25, 0.3) is 0 Å². The van der Waals surface area contributed by atoms with Crippen LogP contribution in [-0.2, 0) is 11.3 Å². The van der Waals surface area contributed by atoms with Gasteiger partial charge in [0, 0.05) is 25.2 Å². The van der Waals surface area contributed by atoms with Crippen molar-refractivity contribution in [2.24, 2.45) is 11.8 Å². The Morgan fingerprint density at radius 3 is 2.85 bits per heavy atom. The second-order valence-corrected chi connectivity index (χ2v) is 6.03. The number of amides is 1. The fourth-order valence-corrected chi connectivity index (χ4v) is 2.64. The molecule has 0 radical (unpaired) electrons. The van der Waals surface area contributed by atoms with Crippen molar-refractivity contribution >= 4 is 5.91 Å². The Morgan fingerprint density at radius 2 is 2.25 bits per heavy atom. The molecule has 1 aliphatic rings. The van der Waals surface area contributed by atoms with Crippen molar-refractivity contribution in [2.45, 2.75) is 32.7 Å². The van der Waals surface area contributed by atoms with E-state index in [0.717, 1.165) is 25.2 Å². The highest BCUT2D eigenvalue weighted by Gasteiger charge is 2.43. The lowest BCUT2D eigenvalue weighted by atomic mass is 10.2. The highest BCUT2D eigenvalue weighted by molar-refractivity contribution is 5.81. The van der Waals surface area contributed by atoms with Crippen LogP contribution in [0, 0.1) is 11.8 Å². The van der Waals surface area contributed by atoms with Crippen LogP contribution in [-0.4, -0.2) is 52.9 Å². The molecule has 0 unspecified atom stereocenters. The summed E-state index contributed by atoms with van der Waals surface area (Å²) in [6, 6.07) is 0. The molecule has 2 atom stereocenters. The van der Waals surface area contributed by atoms with Gasteiger partial charge in [-0.3, -0.25) is 4.79 Å². The molecule has 1 N–H and O–H groups in total. The minimum atomic E-state index is 0.264. The summed E-state index contributed by atoms with van der Waals surface area (Å²) in [6.45, 7) is 4.50. The summed E-state index contributed by atoms with van der Waals surface area (Å²) in [7, 11) is 4.08. The number of carbonyl (C=O) groups is 1. The van der Waals surface area contributed by atoms with Gasteiger partial charge >= 0.3 is 0 Å². The molecule has 0 aliphatic heterocycles. The first-order valence-corrected chi connectivity index (χ1v) is 7.52. The number of likely N-dealkylation sites (N-methyl/N-ethyl adjacent to an activating group) is 1. The molecule has 20 heavy (non-hydrogen) atoms. The monoisotopic (exact) mass is 278 g/mol. The molecule has 1 aromatic heterocycles. The predicted octanol–water partition coefficient (Wildman–Crippen LogP) is 1.74. The molecule has 5 heteroatoms. The van der Waals surface area contributed by atoms with Gasteiger partial charge in [-0.25, -0.2) is 4.98 Å². The van der Waals surface area contributed by atoms with Gasteiger partial charge in [-0.2, -0.15) is 0 Å². The second-order valence-electron chi connectivity index (χ2n) is 6.03. The fraction of sp³-hybridized carbons (Fsp3) is 0.733. The van der Waals surface area contributed by atoms with E-state index in [1.54, 1.807) is 12.5 Å². The van der Waals surface area contributed by atoms with E-state index in [1.807, 2.05) is 19.0 Å². The average molecular weight is 278 g/mol. The van der Waals surface area contributed by atoms with Gasteiger partial charge in [-0.1, -0.05) is 13.3 Å². The number of rotatable bonds is 8. The zero-order valence-corrected chi connectivity index (χ0v) is 12.8. The van der Waals surface area contributed by atoms with E-state index in [-0.39, 0.29) is 5.92 Å². The molecule has 0 aromatic carbocycles. The summed E-state index contributed by atoms with van der Waals surface area (Å²) in [4.78, 5) is 23.8. The van der Waals surface area contributed by atoms with Crippen LogP contribution in [0.15, 0.2) is 12.5 Å². The highest BCUT2D eigenvalue weighted by atomic mass is 16.2. The lowest BCUT2D eigenvalue weighted by molar-refractivity contribution is -0.133. The maximum atomic E-state index is 12.6. The largest absolute Gasteiger partial charge is 0.347 e. The van der Waals surface area contributed by atoms with E-state index in [9.17, 15) is 4.79 Å². The first kappa shape index (κ1) is 15.0. The van der Waals surface area contributed by atoms with Gasteiger partial charge in [0.05, 0.1) is 18.6 Å². The number of carbonyl (C=O) groups excluding carboxylic acids is 1. The van der Waals surface area contributed by atoms with Gasteiger partial charge in [-0.15, -0.1) is 0 Å². The molecule has 1 heterocycles. The van der Waals surface area contributed by atoms with Crippen LogP contribution in [0.2, 0.25) is 0 Å². The summed E-state index contributed by atoms with van der Waals surface area (Å²) in [5.74, 6) is 1.20. The van der Waals surface area contributed by atoms with E-state index in [2.05, 4.69) is 21.8 Å². The molecule has 5 nitrogen and oxygen atoms in total. The van der Waals surface area contributed by atoms with Crippen molar-refractivity contribution in [3.63, 3.8) is 0 Å². The smallest absolute Gasteiger partial charge is 0.226 e. The number of hydrogen-bond donors (Lipinski definition) is 1. The van der Waals surface area contributed by atoms with Crippen molar-refractivity contribution in [2.75, 3.05) is 27.2 Å². The average Bonchev–Trinajstić information content (AvgIpc) is 2.98. The van der Waals surface area contributed by atoms with Crippen LogP contribution in [0.4, 0.5) is 0 Å². The summed E-state index contributed by atoms with van der Waals surface area (Å²) in [5, 5.41) is 0. The van der Waals surface area contributed by atoms with E-state index in [1.165, 1.54) is 12.8 Å². The number of H-pyrrole nitrogens is 1. The molecule has 1 aliphatic carbocycles. The Balaban J connectivity index is 1.93. The third kappa shape index (κ3) is 4.07. The first-order chi connectivity index (χ1) is 9.61. The number of hydrogen-bond acceptors (Lipinski definition) is 3. The Labute approximate surface area is 121 Å². The summed E-state index contributed by atoms with van der Waals surface area (Å²) >= 11 is 0. The summed E-state index contributed by atoms with van der Waals surface area (Å²) in [5.41, 5.74) is 1.00. The van der Waals surface area contributed by atoms with Crippen molar-refractivity contribution in [1.82, 2.24) is 19.8 Å². The number of imidazole rings is 1. The van der Waals surface area contributed by atoms with Gasteiger partial charge in [0.1, 0.15) is 0 Å². The van der Waals surface area contributed by atoms with Crippen LogP contribution < -0.4 is 0 Å². The summed E-state index contributed by atoms with van der Waals surface area (Å²) < 4.78 is 0. The SMILES string of the molecule is CCC[C@H]1C[C@H]1C(=O)N(CCN(C)C)Cc1cnc[nH]1. The molecule has 1 aromatic rings. The van der Waals surface area contributed by atoms with E-state index in [0.29, 0.717) is 18.4 Å². The number of nitrogens with one attached hydrogen (secondary N) is 1. The lowest BCUT2D eigenvalue weighted by Gasteiger charge is -2.24. The molecular weight excluding hydrogens is 252 g/mol. The second kappa shape index (κ2) is 6.88. The summed E-state index contributed by atoms with van der Waals surface area (Å²) in [6.07, 6.45) is 6.90. The molecule has 1 fully saturated rings. The highest BCUT2D eigenvalue weighted by Crippen LogP contribution is 2.43. The topological polar surface area (TPSA) is 52.2 Å². The number of nitrogens with zero attached hydrogens (tertiary/aromatic N) is 3. The van der Waals surface area contributed by atoms with Gasteiger partial charge in [-0.05, 0) is 32.9 Å². The lowest BCUT2D eigenvalue weighted by Crippen LogP contribution is -2.37. The Morgan fingerprint density at radius 1 is 1.45 bits per heavy atom. The van der Waals surface area contributed by atoms with Crippen LogP contribution in [0.5, 0.6) is 0 Å². The third-order valence-electron chi connectivity index (χ3n) is 3.94. The zero-order chi connectivity index (χ0) is 14.5. The molecule has 112 valence electrons. The Hall–Kier alpha value is -1.36. The Kier molecular flexibility index (Phi) is 5.17. The molecule has 1 amide bonds. The van der Waals surface area contributed by atoms with Gasteiger partial charge < -0.3 is 14.8 Å². The van der Waals surface area contributed by atoms with Crippen LogP contribution >= 0.6 is 0 Å². The van der Waals surface area contributed by atoms with E-state index in [4.69, 9.17) is 0 Å². The normalized spacial score (nSPS) is 21.2. The van der Waals surface area contributed by atoms with Crippen LogP contribution in [0.3, 0.4) is 0 Å². The van der Waals surface area contributed by atoms with Crippen molar-refractivity contribution in [1.29, 1.82) is 0 Å². The van der Waals surface area contributed by atoms with Gasteiger partial charge in [0.2, 0.25) is 5.91 Å². The standard InChI is InChI=1S/C15H26N4O/c1-4-5-12-8-14(12)15(20)19(7-6-18(2)3)10-13-9-16-11-17-13/h9,11-12,14H,4-8,10H2,1-3H3,(H,16,17)/t12-,14+/m0/s1. The van der Waals surface area contributed by atoms with Crippen molar-refractivity contribution in [3.05, 3.63) is 18.2 Å². The maximum absolute atomic E-state index is 12.6.